The molecular weight excluding hydrogens is 342 g/mol. The van der Waals surface area contributed by atoms with Gasteiger partial charge < -0.3 is 19.3 Å². The smallest absolute Gasteiger partial charge is 0.415 e. The number of benzene rings is 2. The lowest BCUT2D eigenvalue weighted by atomic mass is 10.2. The largest absolute Gasteiger partial charge is 0.497 e. The topological polar surface area (TPSA) is 42.0 Å². The number of nitrogens with zero attached hydrogens (tertiary/aromatic N) is 2. The van der Waals surface area contributed by atoms with Gasteiger partial charge in [0.1, 0.15) is 11.5 Å². The first-order valence-corrected chi connectivity index (χ1v) is 8.39. The molecule has 1 amide bonds. The summed E-state index contributed by atoms with van der Waals surface area (Å²) in [6.45, 7) is 1.25. The maximum absolute atomic E-state index is 13.3. The molecule has 2 saturated heterocycles. The Hall–Kier alpha value is -2.83. The SMILES string of the molecule is COc1ccc(N2C[C@H]3C[C@@H]2CN3C(=O)Oc2ccc(F)c(F)c2)cc1. The molecule has 2 fully saturated rings. The van der Waals surface area contributed by atoms with E-state index in [0.29, 0.717) is 13.1 Å². The molecule has 0 aliphatic carbocycles. The molecule has 7 heteroatoms. The van der Waals surface area contributed by atoms with E-state index in [4.69, 9.17) is 9.47 Å². The average Bonchev–Trinajstić information content (AvgIpc) is 3.26. The maximum Gasteiger partial charge on any atom is 0.415 e. The standard InChI is InChI=1S/C19H18F2N2O3/c1-25-15-4-2-12(3-5-15)22-10-14-8-13(22)11-23(14)19(24)26-16-6-7-17(20)18(21)9-16/h2-7,9,13-14H,8,10-11H2,1H3/t13-,14-/m1/s1. The van der Waals surface area contributed by atoms with Crippen molar-refractivity contribution in [2.24, 2.45) is 0 Å². The van der Waals surface area contributed by atoms with Gasteiger partial charge in [-0.2, -0.15) is 0 Å². The highest BCUT2D eigenvalue weighted by molar-refractivity contribution is 5.72. The van der Waals surface area contributed by atoms with Gasteiger partial charge in [-0.05, 0) is 42.8 Å². The lowest BCUT2D eigenvalue weighted by Crippen LogP contribution is -2.49. The number of hydrogen-bond donors (Lipinski definition) is 0. The van der Waals surface area contributed by atoms with Gasteiger partial charge in [-0.3, -0.25) is 0 Å². The fourth-order valence-corrected chi connectivity index (χ4v) is 3.68. The minimum Gasteiger partial charge on any atom is -0.497 e. The number of ether oxygens (including phenoxy) is 2. The zero-order valence-corrected chi connectivity index (χ0v) is 14.2. The quantitative estimate of drug-likeness (QED) is 0.841. The fourth-order valence-electron chi connectivity index (χ4n) is 3.68. The summed E-state index contributed by atoms with van der Waals surface area (Å²) in [5.74, 6) is -1.21. The van der Waals surface area contributed by atoms with Gasteiger partial charge in [0.15, 0.2) is 11.6 Å². The molecule has 4 rings (SSSR count). The molecule has 2 bridgehead atoms. The predicted octanol–water partition coefficient (Wildman–Crippen LogP) is 3.44. The third kappa shape index (κ3) is 2.94. The zero-order chi connectivity index (χ0) is 18.3. The number of fused-ring (bicyclic) bond motifs is 2. The lowest BCUT2D eigenvalue weighted by Gasteiger charge is -2.35. The van der Waals surface area contributed by atoms with Crippen LogP contribution < -0.4 is 14.4 Å². The van der Waals surface area contributed by atoms with Crippen molar-refractivity contribution < 1.29 is 23.0 Å². The number of rotatable bonds is 3. The van der Waals surface area contributed by atoms with Crippen molar-refractivity contribution >= 4 is 11.8 Å². The Bertz CT molecular complexity index is 828. The second kappa shape index (κ2) is 6.48. The van der Waals surface area contributed by atoms with Gasteiger partial charge in [0.2, 0.25) is 0 Å². The van der Waals surface area contributed by atoms with Crippen LogP contribution in [0.4, 0.5) is 19.3 Å². The van der Waals surface area contributed by atoms with Crippen molar-refractivity contribution in [3.63, 3.8) is 0 Å². The van der Waals surface area contributed by atoms with Crippen molar-refractivity contribution in [1.82, 2.24) is 4.90 Å². The number of anilines is 1. The molecule has 136 valence electrons. The van der Waals surface area contributed by atoms with Crippen LogP contribution in [0.2, 0.25) is 0 Å². The van der Waals surface area contributed by atoms with Gasteiger partial charge in [0.05, 0.1) is 13.2 Å². The summed E-state index contributed by atoms with van der Waals surface area (Å²) in [6.07, 6.45) is 0.330. The third-order valence-electron chi connectivity index (χ3n) is 4.98. The predicted molar refractivity (Wildman–Crippen MR) is 91.6 cm³/mol. The first-order chi connectivity index (χ1) is 12.5. The molecule has 0 spiro atoms. The summed E-state index contributed by atoms with van der Waals surface area (Å²) in [6, 6.07) is 11.2. The van der Waals surface area contributed by atoms with E-state index in [1.165, 1.54) is 6.07 Å². The molecule has 2 aliphatic heterocycles. The number of hydrogen-bond acceptors (Lipinski definition) is 4. The molecule has 2 atom stereocenters. The molecule has 2 aliphatic rings. The number of carbonyl (C=O) groups excluding carboxylic acids is 1. The Morgan fingerprint density at radius 3 is 2.35 bits per heavy atom. The van der Waals surface area contributed by atoms with E-state index in [1.807, 2.05) is 24.3 Å². The van der Waals surface area contributed by atoms with Crippen LogP contribution in [0.5, 0.6) is 11.5 Å². The maximum atomic E-state index is 13.3. The van der Waals surface area contributed by atoms with Gasteiger partial charge in [0.25, 0.3) is 0 Å². The van der Waals surface area contributed by atoms with E-state index < -0.39 is 17.7 Å². The molecule has 0 aromatic heterocycles. The second-order valence-corrected chi connectivity index (χ2v) is 6.49. The number of piperazine rings is 1. The van der Waals surface area contributed by atoms with Crippen LogP contribution in [0.1, 0.15) is 6.42 Å². The van der Waals surface area contributed by atoms with Gasteiger partial charge in [-0.1, -0.05) is 0 Å². The minimum atomic E-state index is -1.04. The first kappa shape index (κ1) is 16.6. The van der Waals surface area contributed by atoms with Crippen molar-refractivity contribution in [3.8, 4) is 11.5 Å². The number of halogens is 2. The highest BCUT2D eigenvalue weighted by Gasteiger charge is 2.46. The lowest BCUT2D eigenvalue weighted by molar-refractivity contribution is 0.143. The van der Waals surface area contributed by atoms with E-state index in [1.54, 1.807) is 12.0 Å². The van der Waals surface area contributed by atoms with Gasteiger partial charge in [-0.15, -0.1) is 0 Å². The Balaban J connectivity index is 1.41. The van der Waals surface area contributed by atoms with E-state index in [0.717, 1.165) is 30.0 Å². The van der Waals surface area contributed by atoms with E-state index in [9.17, 15) is 13.6 Å². The fraction of sp³-hybridized carbons (Fsp3) is 0.316. The molecule has 2 heterocycles. The van der Waals surface area contributed by atoms with Crippen LogP contribution in [0.25, 0.3) is 0 Å². The summed E-state index contributed by atoms with van der Waals surface area (Å²) in [5.41, 5.74) is 1.09. The van der Waals surface area contributed by atoms with E-state index >= 15 is 0 Å². The Kier molecular flexibility index (Phi) is 4.14. The summed E-state index contributed by atoms with van der Waals surface area (Å²) < 4.78 is 36.6. The molecule has 0 N–H and O–H groups in total. The van der Waals surface area contributed by atoms with Gasteiger partial charge in [-0.25, -0.2) is 13.6 Å². The molecule has 0 radical (unpaired) electrons. The molecule has 2 aromatic rings. The van der Waals surface area contributed by atoms with Gasteiger partial charge in [0, 0.05) is 30.9 Å². The second-order valence-electron chi connectivity index (χ2n) is 6.49. The van der Waals surface area contributed by atoms with E-state index in [-0.39, 0.29) is 17.8 Å². The molecule has 0 unspecified atom stereocenters. The molecule has 26 heavy (non-hydrogen) atoms. The van der Waals surface area contributed by atoms with Crippen LogP contribution in [-0.2, 0) is 0 Å². The summed E-state index contributed by atoms with van der Waals surface area (Å²) in [4.78, 5) is 16.3. The molecule has 5 nitrogen and oxygen atoms in total. The highest BCUT2D eigenvalue weighted by atomic mass is 19.2. The monoisotopic (exact) mass is 360 g/mol. The van der Waals surface area contributed by atoms with Crippen molar-refractivity contribution in [2.75, 3.05) is 25.1 Å². The summed E-state index contributed by atoms with van der Waals surface area (Å²) in [7, 11) is 1.63. The number of carbonyl (C=O) groups is 1. The number of amides is 1. The third-order valence-corrected chi connectivity index (χ3v) is 4.98. The highest BCUT2D eigenvalue weighted by Crippen LogP contribution is 2.35. The summed E-state index contributed by atoms with van der Waals surface area (Å²) >= 11 is 0. The van der Waals surface area contributed by atoms with Crippen LogP contribution in [0, 0.1) is 11.6 Å². The van der Waals surface area contributed by atoms with Crippen LogP contribution in [-0.4, -0.2) is 43.3 Å². The average molecular weight is 360 g/mol. The van der Waals surface area contributed by atoms with Crippen LogP contribution in [0.15, 0.2) is 42.5 Å². The molecule has 0 saturated carbocycles. The number of methoxy groups -OCH3 is 1. The molecular formula is C19H18F2N2O3. The Morgan fingerprint density at radius 2 is 1.73 bits per heavy atom. The molecule has 2 aromatic carbocycles. The Morgan fingerprint density at radius 1 is 1.00 bits per heavy atom. The van der Waals surface area contributed by atoms with Crippen molar-refractivity contribution in [1.29, 1.82) is 0 Å². The summed E-state index contributed by atoms with van der Waals surface area (Å²) in [5, 5.41) is 0. The van der Waals surface area contributed by atoms with Crippen LogP contribution >= 0.6 is 0 Å². The van der Waals surface area contributed by atoms with E-state index in [2.05, 4.69) is 4.90 Å². The number of likely N-dealkylation sites (tertiary alicyclic amines) is 1. The zero-order valence-electron chi connectivity index (χ0n) is 14.2. The normalized spacial score (nSPS) is 21.2. The van der Waals surface area contributed by atoms with Crippen molar-refractivity contribution in [2.45, 2.75) is 18.5 Å². The van der Waals surface area contributed by atoms with Gasteiger partial charge >= 0.3 is 6.09 Å². The first-order valence-electron chi connectivity index (χ1n) is 8.39. The Labute approximate surface area is 149 Å². The van der Waals surface area contributed by atoms with Crippen LogP contribution in [0.3, 0.4) is 0 Å². The van der Waals surface area contributed by atoms with Crippen molar-refractivity contribution in [3.05, 3.63) is 54.1 Å². The minimum absolute atomic E-state index is 0.00341.